The van der Waals surface area contributed by atoms with Gasteiger partial charge >= 0.3 is 0 Å². The normalized spacial score (nSPS) is 19.5. The lowest BCUT2D eigenvalue weighted by molar-refractivity contribution is 0.0805. The summed E-state index contributed by atoms with van der Waals surface area (Å²) in [5, 5.41) is 0. The average molecular weight is 405 g/mol. The van der Waals surface area contributed by atoms with Crippen LogP contribution in [-0.2, 0) is 4.74 Å². The van der Waals surface area contributed by atoms with Crippen molar-refractivity contribution in [3.05, 3.63) is 11.6 Å². The van der Waals surface area contributed by atoms with E-state index in [0.717, 1.165) is 17.8 Å². The Morgan fingerprint density at radius 2 is 1.37 bits per heavy atom. The van der Waals surface area contributed by atoms with Crippen LogP contribution in [0.4, 0.5) is 0 Å². The van der Waals surface area contributed by atoms with Crippen molar-refractivity contribution < 1.29 is 4.74 Å². The molecular weight excluding hydrogens is 348 g/mol. The Morgan fingerprint density at radius 3 is 1.59 bits per heavy atom. The van der Waals surface area contributed by atoms with Crippen LogP contribution in [0.2, 0.25) is 0 Å². The fourth-order valence-electron chi connectivity index (χ4n) is 2.84. The Balaban J connectivity index is -0.000000150. The third-order valence-electron chi connectivity index (χ3n) is 4.78. The quantitative estimate of drug-likeness (QED) is 0.363. The second kappa shape index (κ2) is 26.1. The molecule has 0 saturated heterocycles. The van der Waals surface area contributed by atoms with Gasteiger partial charge in [0, 0.05) is 7.11 Å². The van der Waals surface area contributed by atoms with Crippen molar-refractivity contribution in [3.8, 4) is 0 Å². The first-order valence-electron chi connectivity index (χ1n) is 11.3. The zero-order valence-electron chi connectivity index (χ0n) is 21.4. The van der Waals surface area contributed by atoms with E-state index in [-0.39, 0.29) is 0 Å². The van der Waals surface area contributed by atoms with Gasteiger partial charge in [-0.25, -0.2) is 0 Å². The lowest BCUT2D eigenvalue weighted by Gasteiger charge is -2.23. The van der Waals surface area contributed by atoms with Crippen molar-refractivity contribution in [2.75, 3.05) is 13.4 Å². The molecule has 0 aromatic rings. The molecule has 0 radical (unpaired) electrons. The predicted molar refractivity (Wildman–Crippen MR) is 133 cm³/mol. The molecule has 3 atom stereocenters. The second-order valence-corrected chi connectivity index (χ2v) is 8.08. The SMILES string of the molecule is C/C=C(\C)C1CCCC1C(C)C.CCC.CCC.COC(C)C(C)C.CS. The minimum atomic E-state index is 0.403. The van der Waals surface area contributed by atoms with Gasteiger partial charge in [-0.15, -0.1) is 0 Å². The molecule has 0 bridgehead atoms. The van der Waals surface area contributed by atoms with Gasteiger partial charge in [0.2, 0.25) is 0 Å². The summed E-state index contributed by atoms with van der Waals surface area (Å²) in [4.78, 5) is 0. The van der Waals surface area contributed by atoms with Gasteiger partial charge in [-0.1, -0.05) is 86.3 Å². The molecule has 1 rings (SSSR count). The molecule has 0 aromatic carbocycles. The summed E-state index contributed by atoms with van der Waals surface area (Å²) in [6.45, 7) is 24.1. The molecule has 1 aliphatic rings. The van der Waals surface area contributed by atoms with Gasteiger partial charge in [0.1, 0.15) is 0 Å². The number of rotatable bonds is 4. The summed E-state index contributed by atoms with van der Waals surface area (Å²) in [5.41, 5.74) is 1.62. The summed E-state index contributed by atoms with van der Waals surface area (Å²) >= 11 is 3.53. The highest BCUT2D eigenvalue weighted by Crippen LogP contribution is 2.40. The summed E-state index contributed by atoms with van der Waals surface area (Å²) in [6.07, 6.45) is 11.2. The van der Waals surface area contributed by atoms with Crippen LogP contribution in [0.3, 0.4) is 0 Å². The number of hydrogen-bond acceptors (Lipinski definition) is 2. The molecule has 0 aromatic heterocycles. The fraction of sp³-hybridized carbons (Fsp3) is 0.920. The summed E-state index contributed by atoms with van der Waals surface area (Å²) in [7, 11) is 1.74. The molecule has 0 amide bonds. The molecule has 1 saturated carbocycles. The van der Waals surface area contributed by atoms with E-state index in [1.165, 1.54) is 32.1 Å². The monoisotopic (exact) mass is 404 g/mol. The standard InChI is InChI=1S/C12H22.C6H14O.2C3H8.CH4S/c1-5-10(4)12-8-6-7-11(12)9(2)3;1-5(2)6(3)7-4;2*1-3-2;1-2/h5,9,11-12H,6-8H2,1-4H3;5-6H,1-4H3;2*3H2,1-2H3;2H,1H3/b10-5+;;;;. The highest BCUT2D eigenvalue weighted by atomic mass is 32.1. The van der Waals surface area contributed by atoms with Crippen molar-refractivity contribution in [1.29, 1.82) is 0 Å². The first kappa shape index (κ1) is 34.5. The highest BCUT2D eigenvalue weighted by molar-refractivity contribution is 7.79. The van der Waals surface area contributed by atoms with Crippen LogP contribution < -0.4 is 0 Å². The van der Waals surface area contributed by atoms with E-state index in [2.05, 4.69) is 94.9 Å². The first-order chi connectivity index (χ1) is 12.7. The van der Waals surface area contributed by atoms with E-state index in [9.17, 15) is 0 Å². The molecule has 2 heteroatoms. The zero-order chi connectivity index (χ0) is 22.4. The number of hydrogen-bond donors (Lipinski definition) is 1. The fourth-order valence-corrected chi connectivity index (χ4v) is 2.84. The Morgan fingerprint density at radius 1 is 0.963 bits per heavy atom. The van der Waals surface area contributed by atoms with Crippen LogP contribution >= 0.6 is 12.6 Å². The molecule has 1 fully saturated rings. The molecule has 0 N–H and O–H groups in total. The third kappa shape index (κ3) is 22.2. The summed E-state index contributed by atoms with van der Waals surface area (Å²) < 4.78 is 5.01. The Kier molecular flexibility index (Phi) is 33.3. The lowest BCUT2D eigenvalue weighted by atomic mass is 9.82. The van der Waals surface area contributed by atoms with E-state index in [1.54, 1.807) is 18.9 Å². The van der Waals surface area contributed by atoms with E-state index in [1.807, 2.05) is 0 Å². The van der Waals surface area contributed by atoms with Gasteiger partial charge in [0.25, 0.3) is 0 Å². The second-order valence-electron chi connectivity index (χ2n) is 8.08. The van der Waals surface area contributed by atoms with Crippen LogP contribution in [-0.4, -0.2) is 19.5 Å². The van der Waals surface area contributed by atoms with E-state index < -0.39 is 0 Å². The van der Waals surface area contributed by atoms with Gasteiger partial charge in [-0.3, -0.25) is 0 Å². The first-order valence-corrected chi connectivity index (χ1v) is 12.2. The molecular formula is C25H56OS. The average Bonchev–Trinajstić information content (AvgIpc) is 3.14. The van der Waals surface area contributed by atoms with Crippen molar-refractivity contribution in [3.63, 3.8) is 0 Å². The number of ether oxygens (including phenoxy) is 1. The van der Waals surface area contributed by atoms with E-state index in [4.69, 9.17) is 4.74 Å². The maximum Gasteiger partial charge on any atom is 0.0566 e. The maximum absolute atomic E-state index is 5.01. The highest BCUT2D eigenvalue weighted by Gasteiger charge is 2.29. The number of thiol groups is 1. The third-order valence-corrected chi connectivity index (χ3v) is 4.78. The molecule has 0 aliphatic heterocycles. The molecule has 0 spiro atoms. The van der Waals surface area contributed by atoms with Crippen LogP contribution in [0.15, 0.2) is 11.6 Å². The van der Waals surface area contributed by atoms with Crippen LogP contribution in [0.5, 0.6) is 0 Å². The molecule has 168 valence electrons. The van der Waals surface area contributed by atoms with Crippen LogP contribution in [0.25, 0.3) is 0 Å². The Hall–Kier alpha value is 0.0500. The minimum Gasteiger partial charge on any atom is -0.381 e. The van der Waals surface area contributed by atoms with Crippen LogP contribution in [0.1, 0.15) is 108 Å². The lowest BCUT2D eigenvalue weighted by Crippen LogP contribution is -2.15. The van der Waals surface area contributed by atoms with Gasteiger partial charge in [-0.2, -0.15) is 12.6 Å². The molecule has 0 heterocycles. The molecule has 1 aliphatic carbocycles. The van der Waals surface area contributed by atoms with E-state index >= 15 is 0 Å². The number of allylic oxidation sites excluding steroid dienone is 2. The van der Waals surface area contributed by atoms with Crippen LogP contribution in [0, 0.1) is 23.7 Å². The van der Waals surface area contributed by atoms with E-state index in [0.29, 0.717) is 12.0 Å². The van der Waals surface area contributed by atoms with Crippen molar-refractivity contribution in [2.24, 2.45) is 23.7 Å². The maximum atomic E-state index is 5.01. The number of methoxy groups -OCH3 is 1. The van der Waals surface area contributed by atoms with Gasteiger partial charge < -0.3 is 4.74 Å². The van der Waals surface area contributed by atoms with Gasteiger partial charge in [-0.05, 0) is 63.5 Å². The van der Waals surface area contributed by atoms with Gasteiger partial charge in [0.15, 0.2) is 0 Å². The van der Waals surface area contributed by atoms with Crippen molar-refractivity contribution >= 4 is 12.6 Å². The predicted octanol–water partition coefficient (Wildman–Crippen LogP) is 9.08. The minimum absolute atomic E-state index is 0.403. The Labute approximate surface area is 180 Å². The van der Waals surface area contributed by atoms with Gasteiger partial charge in [0.05, 0.1) is 6.10 Å². The summed E-state index contributed by atoms with van der Waals surface area (Å²) in [5.74, 6) is 3.37. The smallest absolute Gasteiger partial charge is 0.0566 e. The molecule has 1 nitrogen and oxygen atoms in total. The zero-order valence-corrected chi connectivity index (χ0v) is 22.2. The molecule has 3 unspecified atom stereocenters. The van der Waals surface area contributed by atoms with Crippen molar-refractivity contribution in [2.45, 2.75) is 114 Å². The topological polar surface area (TPSA) is 9.23 Å². The summed E-state index contributed by atoms with van der Waals surface area (Å²) in [6, 6.07) is 0. The largest absolute Gasteiger partial charge is 0.381 e. The molecule has 27 heavy (non-hydrogen) atoms. The van der Waals surface area contributed by atoms with Crippen molar-refractivity contribution in [1.82, 2.24) is 0 Å². The Bertz CT molecular complexity index is 282.